The summed E-state index contributed by atoms with van der Waals surface area (Å²) >= 11 is 1.67. The number of halogens is 3. The van der Waals surface area contributed by atoms with Gasteiger partial charge in [-0.1, -0.05) is 13.0 Å². The highest BCUT2D eigenvalue weighted by atomic mass is 32.2. The summed E-state index contributed by atoms with van der Waals surface area (Å²) < 4.78 is 40.3. The molecule has 0 amide bonds. The molecule has 18 heavy (non-hydrogen) atoms. The van der Waals surface area contributed by atoms with Gasteiger partial charge in [0.15, 0.2) is 0 Å². The minimum absolute atomic E-state index is 0.0115. The number of benzene rings is 1. The van der Waals surface area contributed by atoms with Crippen LogP contribution in [0.2, 0.25) is 0 Å². The van der Waals surface area contributed by atoms with Crippen molar-refractivity contribution in [3.05, 3.63) is 29.3 Å². The van der Waals surface area contributed by atoms with Crippen LogP contribution in [0.25, 0.3) is 0 Å². The fourth-order valence-corrected chi connectivity index (χ4v) is 3.08. The van der Waals surface area contributed by atoms with E-state index in [2.05, 4.69) is 4.74 Å². The fraction of sp³-hybridized carbons (Fsp3) is 0.500. The summed E-state index contributed by atoms with van der Waals surface area (Å²) in [5.41, 5.74) is 1.40. The molecule has 2 unspecified atom stereocenters. The van der Waals surface area contributed by atoms with Crippen molar-refractivity contribution >= 4 is 11.8 Å². The van der Waals surface area contributed by atoms with Crippen LogP contribution in [0, 0.1) is 5.92 Å². The number of aliphatic hydroxyl groups excluding tert-OH is 1. The van der Waals surface area contributed by atoms with Crippen LogP contribution >= 0.6 is 11.8 Å². The van der Waals surface area contributed by atoms with Crippen molar-refractivity contribution in [2.75, 3.05) is 5.75 Å². The van der Waals surface area contributed by atoms with Crippen molar-refractivity contribution in [3.63, 3.8) is 0 Å². The fourth-order valence-electron chi connectivity index (χ4n) is 1.93. The summed E-state index contributed by atoms with van der Waals surface area (Å²) in [6, 6.07) is 4.16. The SMILES string of the molecule is CC1CSCc2ccc(OC(F)(F)F)cc2C1O. The molecule has 0 saturated heterocycles. The van der Waals surface area contributed by atoms with Gasteiger partial charge in [0, 0.05) is 5.75 Å². The Kier molecular flexibility index (Phi) is 3.77. The average molecular weight is 278 g/mol. The molecule has 0 fully saturated rings. The number of rotatable bonds is 1. The van der Waals surface area contributed by atoms with Gasteiger partial charge in [0.25, 0.3) is 0 Å². The predicted molar refractivity (Wildman–Crippen MR) is 63.4 cm³/mol. The third kappa shape index (κ3) is 3.11. The molecular weight excluding hydrogens is 265 g/mol. The first-order valence-corrected chi connectivity index (χ1v) is 6.66. The minimum atomic E-state index is -4.70. The second-order valence-electron chi connectivity index (χ2n) is 4.35. The monoisotopic (exact) mass is 278 g/mol. The van der Waals surface area contributed by atoms with Crippen LogP contribution in [-0.2, 0) is 5.75 Å². The number of aliphatic hydroxyl groups is 1. The number of alkyl halides is 3. The first-order valence-electron chi connectivity index (χ1n) is 5.51. The molecule has 1 N–H and O–H groups in total. The Morgan fingerprint density at radius 2 is 2.11 bits per heavy atom. The van der Waals surface area contributed by atoms with Gasteiger partial charge in [-0.3, -0.25) is 0 Å². The quantitative estimate of drug-likeness (QED) is 0.852. The Labute approximate surface area is 107 Å². The van der Waals surface area contributed by atoms with Crippen molar-refractivity contribution in [2.24, 2.45) is 5.92 Å². The standard InChI is InChI=1S/C12H13F3O2S/c1-7-5-18-6-8-2-3-9(17-12(13,14)15)4-10(8)11(7)16/h2-4,7,11,16H,5-6H2,1H3. The predicted octanol–water partition coefficient (Wildman–Crippen LogP) is 3.50. The minimum Gasteiger partial charge on any atom is -0.406 e. The van der Waals surface area contributed by atoms with Gasteiger partial charge in [-0.05, 0) is 34.9 Å². The molecule has 1 aliphatic heterocycles. The van der Waals surface area contributed by atoms with Crippen molar-refractivity contribution < 1.29 is 23.0 Å². The highest BCUT2D eigenvalue weighted by Gasteiger charge is 2.32. The van der Waals surface area contributed by atoms with Crippen LogP contribution in [0.4, 0.5) is 13.2 Å². The number of thioether (sulfide) groups is 1. The van der Waals surface area contributed by atoms with E-state index in [9.17, 15) is 18.3 Å². The van der Waals surface area contributed by atoms with Crippen LogP contribution < -0.4 is 4.74 Å². The second kappa shape index (κ2) is 5.01. The molecule has 0 aromatic heterocycles. The Morgan fingerprint density at radius 1 is 1.39 bits per heavy atom. The van der Waals surface area contributed by atoms with Gasteiger partial charge in [-0.15, -0.1) is 13.2 Å². The number of fused-ring (bicyclic) bond motifs is 1. The average Bonchev–Trinajstić information content (AvgIpc) is 2.39. The third-order valence-corrected chi connectivity index (χ3v) is 4.12. The molecule has 0 bridgehead atoms. The molecule has 0 saturated carbocycles. The van der Waals surface area contributed by atoms with E-state index in [1.807, 2.05) is 6.92 Å². The maximum absolute atomic E-state index is 12.1. The van der Waals surface area contributed by atoms with Gasteiger partial charge >= 0.3 is 6.36 Å². The summed E-state index contributed by atoms with van der Waals surface area (Å²) in [6.45, 7) is 1.88. The molecule has 1 heterocycles. The highest BCUT2D eigenvalue weighted by Crippen LogP contribution is 2.36. The lowest BCUT2D eigenvalue weighted by molar-refractivity contribution is -0.274. The molecule has 0 aliphatic carbocycles. The van der Waals surface area contributed by atoms with Crippen molar-refractivity contribution in [1.29, 1.82) is 0 Å². The highest BCUT2D eigenvalue weighted by molar-refractivity contribution is 7.98. The Balaban J connectivity index is 2.32. The normalized spacial score (nSPS) is 24.3. The lowest BCUT2D eigenvalue weighted by Gasteiger charge is -2.18. The zero-order chi connectivity index (χ0) is 13.3. The van der Waals surface area contributed by atoms with Crippen molar-refractivity contribution in [1.82, 2.24) is 0 Å². The van der Waals surface area contributed by atoms with Gasteiger partial charge in [0.2, 0.25) is 0 Å². The summed E-state index contributed by atoms with van der Waals surface area (Å²) in [6.07, 6.45) is -5.45. The van der Waals surface area contributed by atoms with Crippen molar-refractivity contribution in [2.45, 2.75) is 25.1 Å². The first kappa shape index (κ1) is 13.5. The lowest BCUT2D eigenvalue weighted by Crippen LogP contribution is -2.18. The van der Waals surface area contributed by atoms with Crippen molar-refractivity contribution in [3.8, 4) is 5.75 Å². The Morgan fingerprint density at radius 3 is 2.78 bits per heavy atom. The van der Waals surface area contributed by atoms with E-state index in [0.29, 0.717) is 11.3 Å². The topological polar surface area (TPSA) is 29.5 Å². The second-order valence-corrected chi connectivity index (χ2v) is 5.38. The van der Waals surface area contributed by atoms with E-state index in [1.165, 1.54) is 12.1 Å². The van der Waals surface area contributed by atoms with E-state index in [-0.39, 0.29) is 11.7 Å². The van der Waals surface area contributed by atoms with Gasteiger partial charge in [0.05, 0.1) is 6.10 Å². The summed E-state index contributed by atoms with van der Waals surface area (Å²) in [5, 5.41) is 10.1. The largest absolute Gasteiger partial charge is 0.573 e. The molecule has 0 spiro atoms. The maximum atomic E-state index is 12.1. The summed E-state index contributed by atoms with van der Waals surface area (Å²) in [7, 11) is 0. The Hall–Kier alpha value is -0.880. The van der Waals surface area contributed by atoms with E-state index in [1.54, 1.807) is 17.8 Å². The smallest absolute Gasteiger partial charge is 0.406 e. The van der Waals surface area contributed by atoms with Crippen LogP contribution in [0.15, 0.2) is 18.2 Å². The summed E-state index contributed by atoms with van der Waals surface area (Å²) in [4.78, 5) is 0. The van der Waals surface area contributed by atoms with Crippen LogP contribution in [0.3, 0.4) is 0 Å². The molecular formula is C12H13F3O2S. The molecule has 2 rings (SSSR count). The zero-order valence-electron chi connectivity index (χ0n) is 9.70. The number of ether oxygens (including phenoxy) is 1. The van der Waals surface area contributed by atoms with E-state index >= 15 is 0 Å². The third-order valence-electron chi connectivity index (χ3n) is 2.85. The molecule has 1 aliphatic rings. The van der Waals surface area contributed by atoms with E-state index < -0.39 is 12.5 Å². The van der Waals surface area contributed by atoms with Gasteiger partial charge < -0.3 is 9.84 Å². The Bertz CT molecular complexity index is 434. The van der Waals surface area contributed by atoms with Gasteiger partial charge in [0.1, 0.15) is 5.75 Å². The first-order chi connectivity index (χ1) is 8.37. The molecule has 100 valence electrons. The van der Waals surface area contributed by atoms with E-state index in [4.69, 9.17) is 0 Å². The van der Waals surface area contributed by atoms with Crippen LogP contribution in [0.5, 0.6) is 5.75 Å². The molecule has 6 heteroatoms. The van der Waals surface area contributed by atoms with Gasteiger partial charge in [-0.2, -0.15) is 11.8 Å². The van der Waals surface area contributed by atoms with Crippen LogP contribution in [0.1, 0.15) is 24.2 Å². The van der Waals surface area contributed by atoms with E-state index in [0.717, 1.165) is 11.3 Å². The molecule has 0 radical (unpaired) electrons. The molecule has 2 nitrogen and oxygen atoms in total. The molecule has 1 aromatic carbocycles. The number of hydrogen-bond acceptors (Lipinski definition) is 3. The van der Waals surface area contributed by atoms with Crippen LogP contribution in [-0.4, -0.2) is 17.2 Å². The zero-order valence-corrected chi connectivity index (χ0v) is 10.5. The number of hydrogen-bond donors (Lipinski definition) is 1. The lowest BCUT2D eigenvalue weighted by atomic mass is 9.95. The maximum Gasteiger partial charge on any atom is 0.573 e. The van der Waals surface area contributed by atoms with Gasteiger partial charge in [-0.25, -0.2) is 0 Å². The molecule has 2 atom stereocenters. The molecule has 1 aromatic rings. The summed E-state index contributed by atoms with van der Waals surface area (Å²) in [5.74, 6) is 1.21.